The molecule has 0 saturated carbocycles. The summed E-state index contributed by atoms with van der Waals surface area (Å²) >= 11 is 6.38. The second kappa shape index (κ2) is 16.2. The predicted octanol–water partition coefficient (Wildman–Crippen LogP) is 7.12. The Morgan fingerprint density at radius 3 is 2.14 bits per heavy atom. The van der Waals surface area contributed by atoms with Gasteiger partial charge in [-0.1, -0.05) is 79.2 Å². The van der Waals surface area contributed by atoms with Crippen LogP contribution in [0, 0.1) is 0 Å². The van der Waals surface area contributed by atoms with Gasteiger partial charge in [0.15, 0.2) is 0 Å². The highest BCUT2D eigenvalue weighted by Crippen LogP contribution is 2.37. The van der Waals surface area contributed by atoms with Crippen molar-refractivity contribution in [2.45, 2.75) is 56.4 Å². The first-order chi connectivity index (χ1) is 23.2. The summed E-state index contributed by atoms with van der Waals surface area (Å²) in [4.78, 5) is 29.5. The van der Waals surface area contributed by atoms with Crippen LogP contribution in [0.15, 0.2) is 108 Å². The van der Waals surface area contributed by atoms with Crippen molar-refractivity contribution in [1.82, 2.24) is 10.2 Å². The van der Waals surface area contributed by atoms with Gasteiger partial charge in [-0.05, 0) is 66.9 Å². The van der Waals surface area contributed by atoms with E-state index < -0.39 is 51.9 Å². The lowest BCUT2D eigenvalue weighted by atomic mass is 10.0. The number of methoxy groups -OCH3 is 1. The molecule has 13 heteroatoms. The van der Waals surface area contributed by atoms with E-state index in [-0.39, 0.29) is 28.9 Å². The number of benzene rings is 4. The van der Waals surface area contributed by atoms with Gasteiger partial charge in [-0.3, -0.25) is 13.9 Å². The van der Waals surface area contributed by atoms with Crippen molar-refractivity contribution in [3.05, 3.63) is 125 Å². The first kappa shape index (κ1) is 37.3. The van der Waals surface area contributed by atoms with Crippen LogP contribution in [0.3, 0.4) is 0 Å². The number of carbonyl (C=O) groups excluding carboxylic acids is 2. The molecule has 0 fully saturated rings. The van der Waals surface area contributed by atoms with Crippen LogP contribution >= 0.6 is 11.6 Å². The molecule has 0 unspecified atom stereocenters. The number of sulfonamides is 1. The minimum atomic E-state index is -4.83. The number of nitrogens with one attached hydrogen (secondary N) is 1. The quantitative estimate of drug-likeness (QED) is 0.150. The Balaban J connectivity index is 1.88. The molecule has 8 nitrogen and oxygen atoms in total. The van der Waals surface area contributed by atoms with Gasteiger partial charge in [-0.2, -0.15) is 13.2 Å². The van der Waals surface area contributed by atoms with Gasteiger partial charge in [0, 0.05) is 19.0 Å². The zero-order valence-electron chi connectivity index (χ0n) is 27.2. The molecule has 0 spiro atoms. The maximum Gasteiger partial charge on any atom is 0.416 e. The molecule has 1 N–H and O–H groups in total. The second-order valence-electron chi connectivity index (χ2n) is 11.4. The van der Waals surface area contributed by atoms with Crippen molar-refractivity contribution in [2.24, 2.45) is 0 Å². The number of hydrogen-bond acceptors (Lipinski definition) is 5. The summed E-state index contributed by atoms with van der Waals surface area (Å²) in [5.74, 6) is -0.849. The maximum absolute atomic E-state index is 14.6. The van der Waals surface area contributed by atoms with E-state index in [4.69, 9.17) is 16.3 Å². The lowest BCUT2D eigenvalue weighted by Crippen LogP contribution is -2.54. The Hall–Kier alpha value is -4.55. The summed E-state index contributed by atoms with van der Waals surface area (Å²) in [6, 6.07) is 23.6. The highest BCUT2D eigenvalue weighted by atomic mass is 35.5. The molecular weight excluding hydrogens is 679 g/mol. The molecule has 2 atom stereocenters. The molecule has 0 radical (unpaired) electrons. The molecule has 0 aliphatic rings. The summed E-state index contributed by atoms with van der Waals surface area (Å²) in [6.07, 6.45) is -4.17. The third kappa shape index (κ3) is 9.54. The zero-order chi connectivity index (χ0) is 35.8. The summed E-state index contributed by atoms with van der Waals surface area (Å²) in [7, 11) is -3.19. The number of hydrogen-bond donors (Lipinski definition) is 1. The van der Waals surface area contributed by atoms with Crippen molar-refractivity contribution < 1.29 is 35.9 Å². The standard InChI is InChI=1S/C36H37ClF3N3O5S/c1-4-25(2)41-35(45)33(21-26-12-7-5-8-13-26)42(23-27-14-11-15-29(20-27)48-3)34(44)24-43(49(46,47)30-16-9-6-10-17-30)32-22-28(36(38,39)40)18-19-31(32)37/h5-20,22,25,33H,4,21,23-24H2,1-3H3,(H,41,45)/t25-,33+/m1/s1. The molecule has 4 aromatic carbocycles. The summed E-state index contributed by atoms with van der Waals surface area (Å²) < 4.78 is 75.8. The average Bonchev–Trinajstić information content (AvgIpc) is 3.09. The van der Waals surface area contributed by atoms with Crippen LogP contribution in [0.25, 0.3) is 0 Å². The van der Waals surface area contributed by atoms with Crippen LogP contribution in [0.5, 0.6) is 5.75 Å². The second-order valence-corrected chi connectivity index (χ2v) is 13.7. The summed E-state index contributed by atoms with van der Waals surface area (Å²) in [5, 5.41) is 2.61. The van der Waals surface area contributed by atoms with Crippen molar-refractivity contribution >= 4 is 39.1 Å². The third-order valence-electron chi connectivity index (χ3n) is 7.91. The Morgan fingerprint density at radius 2 is 1.53 bits per heavy atom. The number of amides is 2. The molecule has 0 aliphatic heterocycles. The lowest BCUT2D eigenvalue weighted by molar-refractivity contribution is -0.140. The number of carbonyl (C=O) groups is 2. The van der Waals surface area contributed by atoms with Crippen molar-refractivity contribution in [1.29, 1.82) is 0 Å². The number of rotatable bonds is 14. The number of anilines is 1. The summed E-state index contributed by atoms with van der Waals surface area (Å²) in [5.41, 5.74) is -0.406. The first-order valence-electron chi connectivity index (χ1n) is 15.5. The van der Waals surface area contributed by atoms with Gasteiger partial charge in [0.05, 0.1) is 28.3 Å². The topological polar surface area (TPSA) is 96.0 Å². The van der Waals surface area contributed by atoms with Crippen molar-refractivity contribution in [3.8, 4) is 5.75 Å². The molecular formula is C36H37ClF3N3O5S. The minimum absolute atomic E-state index is 0.0641. The Kier molecular flexibility index (Phi) is 12.3. The molecule has 0 saturated heterocycles. The molecule has 4 rings (SSSR count). The molecule has 0 bridgehead atoms. The van der Waals surface area contributed by atoms with Gasteiger partial charge >= 0.3 is 6.18 Å². The van der Waals surface area contributed by atoms with Gasteiger partial charge < -0.3 is 15.0 Å². The monoisotopic (exact) mass is 715 g/mol. The first-order valence-corrected chi connectivity index (χ1v) is 17.3. The van der Waals surface area contributed by atoms with Gasteiger partial charge in [0.2, 0.25) is 11.8 Å². The average molecular weight is 716 g/mol. The molecule has 0 heterocycles. The van der Waals surface area contributed by atoms with E-state index in [1.54, 1.807) is 54.6 Å². The van der Waals surface area contributed by atoms with Crippen LogP contribution in [0.4, 0.5) is 18.9 Å². The van der Waals surface area contributed by atoms with Crippen LogP contribution in [-0.4, -0.2) is 50.9 Å². The Labute approximate surface area is 289 Å². The zero-order valence-corrected chi connectivity index (χ0v) is 28.7. The van der Waals surface area contributed by atoms with Crippen molar-refractivity contribution in [2.75, 3.05) is 18.0 Å². The van der Waals surface area contributed by atoms with Crippen LogP contribution in [-0.2, 0) is 38.8 Å². The van der Waals surface area contributed by atoms with Gasteiger partial charge in [0.1, 0.15) is 18.3 Å². The Morgan fingerprint density at radius 1 is 0.898 bits per heavy atom. The van der Waals surface area contributed by atoms with E-state index in [0.29, 0.717) is 28.1 Å². The van der Waals surface area contributed by atoms with Gasteiger partial charge in [-0.15, -0.1) is 0 Å². The van der Waals surface area contributed by atoms with E-state index in [2.05, 4.69) is 5.32 Å². The Bertz CT molecular complexity index is 1840. The summed E-state index contributed by atoms with van der Waals surface area (Å²) in [6.45, 7) is 2.58. The van der Waals surface area contributed by atoms with E-state index >= 15 is 0 Å². The van der Waals surface area contributed by atoms with E-state index in [1.807, 2.05) is 19.9 Å². The number of nitrogens with zero attached hydrogens (tertiary/aromatic N) is 2. The lowest BCUT2D eigenvalue weighted by Gasteiger charge is -2.34. The third-order valence-corrected chi connectivity index (χ3v) is 10.0. The smallest absolute Gasteiger partial charge is 0.416 e. The molecule has 4 aromatic rings. The number of ether oxygens (including phenoxy) is 1. The SMILES string of the molecule is CC[C@@H](C)NC(=O)[C@H](Cc1ccccc1)N(Cc1cccc(OC)c1)C(=O)CN(c1cc(C(F)(F)F)ccc1Cl)S(=O)(=O)c1ccccc1. The highest BCUT2D eigenvalue weighted by Gasteiger charge is 2.37. The molecule has 260 valence electrons. The van der Waals surface area contributed by atoms with Crippen LogP contribution in [0.1, 0.15) is 37.0 Å². The molecule has 0 aromatic heterocycles. The largest absolute Gasteiger partial charge is 0.497 e. The van der Waals surface area contributed by atoms with Gasteiger partial charge in [-0.25, -0.2) is 8.42 Å². The fourth-order valence-electron chi connectivity index (χ4n) is 5.08. The maximum atomic E-state index is 14.6. The van der Waals surface area contributed by atoms with Crippen LogP contribution in [0.2, 0.25) is 5.02 Å². The highest BCUT2D eigenvalue weighted by molar-refractivity contribution is 7.92. The minimum Gasteiger partial charge on any atom is -0.497 e. The van der Waals surface area contributed by atoms with E-state index in [0.717, 1.165) is 17.7 Å². The van der Waals surface area contributed by atoms with E-state index in [9.17, 15) is 31.2 Å². The van der Waals surface area contributed by atoms with E-state index in [1.165, 1.54) is 36.3 Å². The fraction of sp³-hybridized carbons (Fsp3) is 0.278. The number of alkyl halides is 3. The van der Waals surface area contributed by atoms with Gasteiger partial charge in [0.25, 0.3) is 10.0 Å². The normalized spacial score (nSPS) is 12.9. The molecule has 2 amide bonds. The predicted molar refractivity (Wildman–Crippen MR) is 183 cm³/mol. The number of halogens is 4. The van der Waals surface area contributed by atoms with Crippen molar-refractivity contribution in [3.63, 3.8) is 0 Å². The molecule has 0 aliphatic carbocycles. The fourth-order valence-corrected chi connectivity index (χ4v) is 6.79. The van der Waals surface area contributed by atoms with Crippen LogP contribution < -0.4 is 14.4 Å². The molecule has 49 heavy (non-hydrogen) atoms.